The molecule has 150 valence electrons. The molecule has 0 aliphatic carbocycles. The Morgan fingerprint density at radius 3 is 2.48 bits per heavy atom. The summed E-state index contributed by atoms with van der Waals surface area (Å²) in [4.78, 5) is 20.5. The Hall–Kier alpha value is -1.32. The highest BCUT2D eigenvalue weighted by molar-refractivity contribution is 7.09. The Morgan fingerprint density at radius 1 is 1.26 bits per heavy atom. The SMILES string of the molecule is CC(c1ccc(F)cc1F)N1CCN(C(=O)c2csc(CN)n2)CC1.Cl.Cl. The number of piperazine rings is 1. The molecule has 10 heteroatoms. The van der Waals surface area contributed by atoms with Gasteiger partial charge in [-0.1, -0.05) is 6.07 Å². The van der Waals surface area contributed by atoms with Crippen molar-refractivity contribution in [3.63, 3.8) is 0 Å². The summed E-state index contributed by atoms with van der Waals surface area (Å²) in [7, 11) is 0. The zero-order valence-corrected chi connectivity index (χ0v) is 17.2. The van der Waals surface area contributed by atoms with Crippen LogP contribution < -0.4 is 5.73 Å². The monoisotopic (exact) mass is 438 g/mol. The van der Waals surface area contributed by atoms with E-state index in [2.05, 4.69) is 9.88 Å². The van der Waals surface area contributed by atoms with Crippen LogP contribution in [0.25, 0.3) is 0 Å². The van der Waals surface area contributed by atoms with Crippen LogP contribution in [0.2, 0.25) is 0 Å². The van der Waals surface area contributed by atoms with Crippen LogP contribution in [0.1, 0.15) is 34.0 Å². The largest absolute Gasteiger partial charge is 0.335 e. The van der Waals surface area contributed by atoms with E-state index in [1.165, 1.54) is 23.5 Å². The second-order valence-electron chi connectivity index (χ2n) is 6.00. The van der Waals surface area contributed by atoms with Crippen LogP contribution >= 0.6 is 36.2 Å². The van der Waals surface area contributed by atoms with Gasteiger partial charge in [0.15, 0.2) is 0 Å². The third-order valence-electron chi connectivity index (χ3n) is 4.51. The van der Waals surface area contributed by atoms with E-state index in [1.807, 2.05) is 6.92 Å². The summed E-state index contributed by atoms with van der Waals surface area (Å²) < 4.78 is 27.0. The van der Waals surface area contributed by atoms with Crippen LogP contribution in [-0.4, -0.2) is 46.9 Å². The Bertz CT molecular complexity index is 769. The molecule has 0 spiro atoms. The average molecular weight is 439 g/mol. The van der Waals surface area contributed by atoms with Crippen molar-refractivity contribution in [1.29, 1.82) is 0 Å². The van der Waals surface area contributed by atoms with Crippen molar-refractivity contribution in [2.75, 3.05) is 26.2 Å². The molecule has 0 radical (unpaired) electrons. The number of thiazole rings is 1. The van der Waals surface area contributed by atoms with Crippen LogP contribution in [-0.2, 0) is 6.54 Å². The first-order valence-electron chi connectivity index (χ1n) is 8.12. The molecule has 5 nitrogen and oxygen atoms in total. The number of hydrogen-bond donors (Lipinski definition) is 1. The second kappa shape index (κ2) is 10.3. The van der Waals surface area contributed by atoms with E-state index in [4.69, 9.17) is 5.73 Å². The summed E-state index contributed by atoms with van der Waals surface area (Å²) in [6, 6.07) is 3.48. The molecule has 2 heterocycles. The van der Waals surface area contributed by atoms with Gasteiger partial charge in [-0.05, 0) is 13.0 Å². The highest BCUT2D eigenvalue weighted by Gasteiger charge is 2.27. The average Bonchev–Trinajstić information content (AvgIpc) is 3.10. The number of halogens is 4. The lowest BCUT2D eigenvalue weighted by Crippen LogP contribution is -2.49. The molecule has 1 atom stereocenters. The van der Waals surface area contributed by atoms with Crippen molar-refractivity contribution in [3.8, 4) is 0 Å². The Balaban J connectivity index is 0.00000182. The lowest BCUT2D eigenvalue weighted by Gasteiger charge is -2.38. The summed E-state index contributed by atoms with van der Waals surface area (Å²) >= 11 is 1.38. The quantitative estimate of drug-likeness (QED) is 0.795. The highest BCUT2D eigenvalue weighted by Crippen LogP contribution is 2.25. The van der Waals surface area contributed by atoms with Gasteiger partial charge in [0.1, 0.15) is 22.3 Å². The Labute approximate surface area is 173 Å². The number of nitrogens with two attached hydrogens (primary N) is 1. The lowest BCUT2D eigenvalue weighted by atomic mass is 10.1. The van der Waals surface area contributed by atoms with E-state index in [0.29, 0.717) is 44.0 Å². The number of rotatable bonds is 4. The zero-order chi connectivity index (χ0) is 18.0. The van der Waals surface area contributed by atoms with Gasteiger partial charge in [0, 0.05) is 55.8 Å². The van der Waals surface area contributed by atoms with E-state index in [9.17, 15) is 13.6 Å². The molecule has 2 aromatic rings. The summed E-state index contributed by atoms with van der Waals surface area (Å²) in [5.41, 5.74) is 6.43. The van der Waals surface area contributed by atoms with E-state index in [0.717, 1.165) is 11.1 Å². The van der Waals surface area contributed by atoms with Crippen LogP contribution in [0, 0.1) is 11.6 Å². The van der Waals surface area contributed by atoms with Gasteiger partial charge in [0.05, 0.1) is 0 Å². The van der Waals surface area contributed by atoms with Gasteiger partial charge in [-0.3, -0.25) is 9.69 Å². The smallest absolute Gasteiger partial charge is 0.273 e. The molecule has 1 aliphatic rings. The molecular formula is C17H22Cl2F2N4OS. The molecule has 2 N–H and O–H groups in total. The zero-order valence-electron chi connectivity index (χ0n) is 14.7. The van der Waals surface area contributed by atoms with Crippen LogP contribution in [0.4, 0.5) is 8.78 Å². The van der Waals surface area contributed by atoms with Gasteiger partial charge < -0.3 is 10.6 Å². The first kappa shape index (κ1) is 23.7. The molecule has 27 heavy (non-hydrogen) atoms. The number of carbonyl (C=O) groups excluding carboxylic acids is 1. The Kier molecular flexibility index (Phi) is 9.04. The number of hydrogen-bond acceptors (Lipinski definition) is 5. The molecule has 0 bridgehead atoms. The van der Waals surface area contributed by atoms with E-state index in [1.54, 1.807) is 10.3 Å². The normalized spacial score (nSPS) is 15.6. The minimum Gasteiger partial charge on any atom is -0.335 e. The standard InChI is InChI=1S/C17H20F2N4OS.2ClH/c1-11(13-3-2-12(18)8-14(13)19)22-4-6-23(7-5-22)17(24)15-10-25-16(9-20)21-15;;/h2-3,8,10-11H,4-7,9,20H2,1H3;2*1H. The number of aromatic nitrogens is 1. The van der Waals surface area contributed by atoms with E-state index in [-0.39, 0.29) is 36.8 Å². The molecule has 3 rings (SSSR count). The number of benzene rings is 1. The molecule has 0 saturated carbocycles. The maximum absolute atomic E-state index is 14.0. The van der Waals surface area contributed by atoms with Crippen molar-refractivity contribution < 1.29 is 13.6 Å². The van der Waals surface area contributed by atoms with Gasteiger partial charge in [0.2, 0.25) is 0 Å². The van der Waals surface area contributed by atoms with E-state index >= 15 is 0 Å². The van der Waals surface area contributed by atoms with Gasteiger partial charge >= 0.3 is 0 Å². The fraction of sp³-hybridized carbons (Fsp3) is 0.412. The fourth-order valence-corrected chi connectivity index (χ4v) is 3.66. The van der Waals surface area contributed by atoms with Gasteiger partial charge in [-0.2, -0.15) is 0 Å². The summed E-state index contributed by atoms with van der Waals surface area (Å²) in [5, 5.41) is 2.47. The third kappa shape index (κ3) is 5.36. The highest BCUT2D eigenvalue weighted by atomic mass is 35.5. The van der Waals surface area contributed by atoms with Crippen molar-refractivity contribution in [2.45, 2.75) is 19.5 Å². The minimum absolute atomic E-state index is 0. The predicted molar refractivity (Wildman–Crippen MR) is 107 cm³/mol. The summed E-state index contributed by atoms with van der Waals surface area (Å²) in [6.07, 6.45) is 0. The van der Waals surface area contributed by atoms with Crippen molar-refractivity contribution >= 4 is 42.1 Å². The van der Waals surface area contributed by atoms with Crippen molar-refractivity contribution in [1.82, 2.24) is 14.8 Å². The molecule has 1 unspecified atom stereocenters. The van der Waals surface area contributed by atoms with Gasteiger partial charge in [0.25, 0.3) is 5.91 Å². The van der Waals surface area contributed by atoms with Gasteiger partial charge in [-0.15, -0.1) is 36.2 Å². The van der Waals surface area contributed by atoms with Crippen LogP contribution in [0.5, 0.6) is 0 Å². The lowest BCUT2D eigenvalue weighted by molar-refractivity contribution is 0.0574. The van der Waals surface area contributed by atoms with Gasteiger partial charge in [-0.25, -0.2) is 13.8 Å². The maximum Gasteiger partial charge on any atom is 0.273 e. The summed E-state index contributed by atoms with van der Waals surface area (Å²) in [6.45, 7) is 4.55. The second-order valence-corrected chi connectivity index (χ2v) is 6.94. The molecule has 1 saturated heterocycles. The van der Waals surface area contributed by atoms with Crippen LogP contribution in [0.15, 0.2) is 23.6 Å². The molecular weight excluding hydrogens is 417 g/mol. The maximum atomic E-state index is 14.0. The van der Waals surface area contributed by atoms with Crippen molar-refractivity contribution in [3.05, 3.63) is 51.5 Å². The predicted octanol–water partition coefficient (Wildman–Crippen LogP) is 3.24. The first-order valence-corrected chi connectivity index (χ1v) is 9.00. The van der Waals surface area contributed by atoms with Crippen LogP contribution in [0.3, 0.4) is 0 Å². The van der Waals surface area contributed by atoms with Crippen molar-refractivity contribution in [2.24, 2.45) is 5.73 Å². The molecule has 1 amide bonds. The van der Waals surface area contributed by atoms with E-state index < -0.39 is 11.6 Å². The third-order valence-corrected chi connectivity index (χ3v) is 5.38. The summed E-state index contributed by atoms with van der Waals surface area (Å²) in [5.74, 6) is -1.22. The molecule has 1 aliphatic heterocycles. The number of nitrogens with zero attached hydrogens (tertiary/aromatic N) is 3. The Morgan fingerprint density at radius 2 is 1.93 bits per heavy atom. The topological polar surface area (TPSA) is 62.5 Å². The number of amides is 1. The molecule has 1 fully saturated rings. The molecule has 1 aromatic carbocycles. The fourth-order valence-electron chi connectivity index (χ4n) is 3.01. The first-order chi connectivity index (χ1) is 12.0. The minimum atomic E-state index is -0.580. The molecule has 1 aromatic heterocycles. The number of carbonyl (C=O) groups is 1.